The number of hydrogen-bond acceptors (Lipinski definition) is 8. The summed E-state index contributed by atoms with van der Waals surface area (Å²) in [6, 6.07) is 4.95. The Kier molecular flexibility index (Phi) is 4.48. The van der Waals surface area contributed by atoms with Crippen molar-refractivity contribution in [3.8, 4) is 17.8 Å². The van der Waals surface area contributed by atoms with Crippen molar-refractivity contribution in [1.29, 1.82) is 5.26 Å². The zero-order chi connectivity index (χ0) is 19.7. The molecule has 144 valence electrons. The van der Waals surface area contributed by atoms with Crippen LogP contribution >= 0.6 is 0 Å². The van der Waals surface area contributed by atoms with Gasteiger partial charge in [0.25, 0.3) is 11.8 Å². The molecule has 9 nitrogen and oxygen atoms in total. The molecular formula is C17H16F2N8O. The van der Waals surface area contributed by atoms with Gasteiger partial charge in [-0.05, 0) is 19.0 Å². The van der Waals surface area contributed by atoms with Crippen LogP contribution in [0.5, 0.6) is 11.8 Å². The average molecular weight is 386 g/mol. The lowest BCUT2D eigenvalue weighted by atomic mass is 9.94. The lowest BCUT2D eigenvalue weighted by Crippen LogP contribution is -2.47. The van der Waals surface area contributed by atoms with E-state index in [-0.39, 0.29) is 30.7 Å². The van der Waals surface area contributed by atoms with Crippen LogP contribution in [0, 0.1) is 17.2 Å². The second-order valence-corrected chi connectivity index (χ2v) is 6.46. The number of aromatic nitrogens is 5. The minimum absolute atomic E-state index is 0.0450. The van der Waals surface area contributed by atoms with Crippen LogP contribution in [0.15, 0.2) is 24.7 Å². The molecule has 1 saturated heterocycles. The molecule has 0 radical (unpaired) electrons. The number of nitrogen functional groups attached to an aromatic ring is 1. The molecule has 4 heterocycles. The molecular weight excluding hydrogens is 370 g/mol. The number of nitrogens with zero attached hydrogens (tertiary/aromatic N) is 6. The van der Waals surface area contributed by atoms with Crippen LogP contribution in [0.3, 0.4) is 0 Å². The van der Waals surface area contributed by atoms with Crippen LogP contribution in [0.4, 0.5) is 14.6 Å². The third kappa shape index (κ3) is 3.29. The van der Waals surface area contributed by atoms with Gasteiger partial charge in [-0.2, -0.15) is 5.26 Å². The molecule has 1 aliphatic rings. The van der Waals surface area contributed by atoms with E-state index in [1.807, 2.05) is 6.07 Å². The number of nitrogens with two attached hydrogens (primary N) is 1. The summed E-state index contributed by atoms with van der Waals surface area (Å²) >= 11 is 0. The molecule has 0 aromatic carbocycles. The van der Waals surface area contributed by atoms with E-state index in [0.29, 0.717) is 29.6 Å². The minimum atomic E-state index is -2.86. The maximum atomic E-state index is 14.2. The topological polar surface area (TPSA) is 128 Å². The molecule has 1 aliphatic heterocycles. The Hall–Kier alpha value is -3.39. The van der Waals surface area contributed by atoms with Crippen LogP contribution in [0.25, 0.3) is 11.0 Å². The van der Waals surface area contributed by atoms with Crippen molar-refractivity contribution >= 4 is 16.9 Å². The van der Waals surface area contributed by atoms with Crippen LogP contribution in [-0.4, -0.2) is 43.7 Å². The van der Waals surface area contributed by atoms with Gasteiger partial charge in [0.05, 0.1) is 24.7 Å². The number of ether oxygens (including phenoxy) is 1. The number of alkyl halides is 2. The summed E-state index contributed by atoms with van der Waals surface area (Å²) in [5.41, 5.74) is 6.60. The monoisotopic (exact) mass is 386 g/mol. The number of hydrogen-bond donors (Lipinski definition) is 2. The Labute approximate surface area is 158 Å². The SMILES string of the molecule is N#Cc1ccnc(Oc2nn(CC3CCNCC3(F)F)c3ncnc(N)c23)c1. The smallest absolute Gasteiger partial charge is 0.264 e. The molecule has 1 fully saturated rings. The number of rotatable bonds is 4. The fourth-order valence-electron chi connectivity index (χ4n) is 3.15. The summed E-state index contributed by atoms with van der Waals surface area (Å²) < 4.78 is 35.5. The summed E-state index contributed by atoms with van der Waals surface area (Å²) in [7, 11) is 0. The van der Waals surface area contributed by atoms with Gasteiger partial charge in [-0.1, -0.05) is 0 Å². The Morgan fingerprint density at radius 2 is 2.25 bits per heavy atom. The fourth-order valence-corrected chi connectivity index (χ4v) is 3.15. The Morgan fingerprint density at radius 3 is 3.04 bits per heavy atom. The molecule has 0 amide bonds. The Morgan fingerprint density at radius 1 is 1.39 bits per heavy atom. The van der Waals surface area contributed by atoms with Crippen molar-refractivity contribution in [2.75, 3.05) is 18.8 Å². The zero-order valence-corrected chi connectivity index (χ0v) is 14.6. The third-order valence-electron chi connectivity index (χ3n) is 4.61. The van der Waals surface area contributed by atoms with Crippen molar-refractivity contribution in [2.45, 2.75) is 18.9 Å². The molecule has 0 spiro atoms. The molecule has 28 heavy (non-hydrogen) atoms. The molecule has 4 rings (SSSR count). The van der Waals surface area contributed by atoms with Gasteiger partial charge in [0.15, 0.2) is 5.65 Å². The highest BCUT2D eigenvalue weighted by atomic mass is 19.3. The minimum Gasteiger partial charge on any atom is -0.418 e. The molecule has 3 aromatic rings. The summed E-state index contributed by atoms with van der Waals surface area (Å²) in [6.07, 6.45) is 2.97. The lowest BCUT2D eigenvalue weighted by Gasteiger charge is -2.31. The van der Waals surface area contributed by atoms with Crippen molar-refractivity contribution in [1.82, 2.24) is 30.0 Å². The molecule has 3 N–H and O–H groups in total. The van der Waals surface area contributed by atoms with E-state index in [2.05, 4.69) is 25.4 Å². The quantitative estimate of drug-likeness (QED) is 0.694. The number of fused-ring (bicyclic) bond motifs is 1. The molecule has 3 aromatic heterocycles. The predicted molar refractivity (Wildman–Crippen MR) is 94.7 cm³/mol. The first-order chi connectivity index (χ1) is 13.5. The number of anilines is 1. The predicted octanol–water partition coefficient (Wildman–Crippen LogP) is 1.71. The van der Waals surface area contributed by atoms with Crippen molar-refractivity contribution < 1.29 is 13.5 Å². The number of piperidine rings is 1. The van der Waals surface area contributed by atoms with Crippen molar-refractivity contribution in [3.63, 3.8) is 0 Å². The van der Waals surface area contributed by atoms with Gasteiger partial charge >= 0.3 is 0 Å². The van der Waals surface area contributed by atoms with Gasteiger partial charge < -0.3 is 15.8 Å². The van der Waals surface area contributed by atoms with E-state index in [1.165, 1.54) is 29.3 Å². The van der Waals surface area contributed by atoms with E-state index in [4.69, 9.17) is 15.7 Å². The average Bonchev–Trinajstić information content (AvgIpc) is 3.02. The maximum absolute atomic E-state index is 14.2. The Balaban J connectivity index is 1.72. The summed E-state index contributed by atoms with van der Waals surface area (Å²) in [6.45, 7) is 0.0870. The number of nitriles is 1. The largest absolute Gasteiger partial charge is 0.418 e. The number of halogens is 2. The number of nitrogens with one attached hydrogen (secondary N) is 1. The van der Waals surface area contributed by atoms with Gasteiger partial charge in [0.1, 0.15) is 17.5 Å². The van der Waals surface area contributed by atoms with Gasteiger partial charge in [-0.25, -0.2) is 28.4 Å². The van der Waals surface area contributed by atoms with E-state index < -0.39 is 11.8 Å². The third-order valence-corrected chi connectivity index (χ3v) is 4.61. The highest BCUT2D eigenvalue weighted by molar-refractivity contribution is 5.90. The lowest BCUT2D eigenvalue weighted by molar-refractivity contribution is -0.0795. The van der Waals surface area contributed by atoms with E-state index >= 15 is 0 Å². The van der Waals surface area contributed by atoms with E-state index in [1.54, 1.807) is 0 Å². The van der Waals surface area contributed by atoms with Gasteiger partial charge in [-0.15, -0.1) is 5.10 Å². The zero-order valence-electron chi connectivity index (χ0n) is 14.6. The fraction of sp³-hybridized carbons (Fsp3) is 0.353. The van der Waals surface area contributed by atoms with Gasteiger partial charge in [-0.3, -0.25) is 0 Å². The molecule has 1 atom stereocenters. The van der Waals surface area contributed by atoms with E-state index in [0.717, 1.165) is 0 Å². The first kappa shape index (κ1) is 18.0. The molecule has 0 saturated carbocycles. The van der Waals surface area contributed by atoms with Crippen LogP contribution in [0.2, 0.25) is 0 Å². The van der Waals surface area contributed by atoms with Crippen LogP contribution in [0.1, 0.15) is 12.0 Å². The maximum Gasteiger partial charge on any atom is 0.264 e. The normalized spacial score (nSPS) is 18.7. The van der Waals surface area contributed by atoms with E-state index in [9.17, 15) is 8.78 Å². The van der Waals surface area contributed by atoms with Gasteiger partial charge in [0, 0.05) is 18.2 Å². The highest BCUT2D eigenvalue weighted by Gasteiger charge is 2.42. The van der Waals surface area contributed by atoms with Gasteiger partial charge in [0.2, 0.25) is 5.88 Å². The Bertz CT molecular complexity index is 1060. The molecule has 1 unspecified atom stereocenters. The summed E-state index contributed by atoms with van der Waals surface area (Å²) in [5, 5.41) is 16.3. The van der Waals surface area contributed by atoms with Crippen molar-refractivity contribution in [3.05, 3.63) is 30.2 Å². The van der Waals surface area contributed by atoms with Crippen LogP contribution < -0.4 is 15.8 Å². The highest BCUT2D eigenvalue weighted by Crippen LogP contribution is 2.34. The van der Waals surface area contributed by atoms with Crippen LogP contribution in [-0.2, 0) is 6.54 Å². The second kappa shape index (κ2) is 6.97. The first-order valence-electron chi connectivity index (χ1n) is 8.57. The molecule has 0 aliphatic carbocycles. The molecule has 0 bridgehead atoms. The number of pyridine rings is 1. The standard InChI is InChI=1S/C17H16F2N8O/c18-17(19)8-22-3-2-11(17)7-27-15-13(14(21)24-9-25-15)16(26-27)28-12-5-10(6-20)1-4-23-12/h1,4-5,9,11,22H,2-3,7-8H2,(H2,21,24,25). The summed E-state index contributed by atoms with van der Waals surface area (Å²) in [4.78, 5) is 12.1. The molecule has 11 heteroatoms. The summed E-state index contributed by atoms with van der Waals surface area (Å²) in [5.74, 6) is -3.48. The first-order valence-corrected chi connectivity index (χ1v) is 8.57. The second-order valence-electron chi connectivity index (χ2n) is 6.46. The van der Waals surface area contributed by atoms with Crippen molar-refractivity contribution in [2.24, 2.45) is 5.92 Å².